The van der Waals surface area contributed by atoms with Crippen LogP contribution in [0.5, 0.6) is 0 Å². The van der Waals surface area contributed by atoms with E-state index in [0.29, 0.717) is 6.61 Å². The van der Waals surface area contributed by atoms with Crippen LogP contribution in [-0.4, -0.2) is 64.1 Å². The first-order valence-corrected chi connectivity index (χ1v) is 7.35. The van der Waals surface area contributed by atoms with E-state index >= 15 is 0 Å². The van der Waals surface area contributed by atoms with Gasteiger partial charge in [0.05, 0.1) is 19.1 Å². The predicted octanol–water partition coefficient (Wildman–Crippen LogP) is 0.280. The van der Waals surface area contributed by atoms with Gasteiger partial charge in [-0.1, -0.05) is 11.8 Å². The van der Waals surface area contributed by atoms with Crippen molar-refractivity contribution < 1.29 is 9.53 Å². The highest BCUT2D eigenvalue weighted by atomic mass is 32.2. The van der Waals surface area contributed by atoms with Crippen LogP contribution in [0.4, 0.5) is 0 Å². The van der Waals surface area contributed by atoms with Crippen LogP contribution in [0.1, 0.15) is 12.8 Å². The van der Waals surface area contributed by atoms with Gasteiger partial charge in [0, 0.05) is 12.3 Å². The summed E-state index contributed by atoms with van der Waals surface area (Å²) in [6, 6.07) is 0. The van der Waals surface area contributed by atoms with Gasteiger partial charge in [0.15, 0.2) is 0 Å². The number of rotatable bonds is 7. The maximum absolute atomic E-state index is 11.3. The topological polar surface area (TPSA) is 73.1 Å². The molecule has 1 aromatic heterocycles. The summed E-state index contributed by atoms with van der Waals surface area (Å²) in [5.74, 6) is 0.827. The molecule has 1 fully saturated rings. The molecule has 0 saturated carbocycles. The van der Waals surface area contributed by atoms with Crippen molar-refractivity contribution in [1.29, 1.82) is 0 Å². The molecule has 0 N–H and O–H groups in total. The number of hydrogen-bond acceptors (Lipinski definition) is 7. The Labute approximate surface area is 116 Å². The molecular formula is C11H19N5O2S. The maximum Gasteiger partial charge on any atom is 0.309 e. The van der Waals surface area contributed by atoms with Gasteiger partial charge in [0.2, 0.25) is 5.16 Å². The summed E-state index contributed by atoms with van der Waals surface area (Å²) < 4.78 is 6.75. The number of tetrazole rings is 1. The molecule has 1 aliphatic heterocycles. The predicted molar refractivity (Wildman–Crippen MR) is 70.8 cm³/mol. The van der Waals surface area contributed by atoms with Crippen LogP contribution in [0, 0.1) is 5.92 Å². The SMILES string of the molecule is CN(C)CCn1nnnc1SCC[C@H]1CCOC1=O. The number of hydrogen-bond donors (Lipinski definition) is 0. The molecule has 2 heterocycles. The van der Waals surface area contributed by atoms with Gasteiger partial charge in [-0.15, -0.1) is 5.10 Å². The Kier molecular flexibility index (Phi) is 5.15. The van der Waals surface area contributed by atoms with E-state index in [0.717, 1.165) is 36.8 Å². The molecule has 19 heavy (non-hydrogen) atoms. The minimum Gasteiger partial charge on any atom is -0.465 e. The van der Waals surface area contributed by atoms with Gasteiger partial charge >= 0.3 is 5.97 Å². The lowest BCUT2D eigenvalue weighted by atomic mass is 10.1. The molecule has 0 radical (unpaired) electrons. The van der Waals surface area contributed by atoms with Gasteiger partial charge in [-0.05, 0) is 37.4 Å². The van der Waals surface area contributed by atoms with E-state index in [4.69, 9.17) is 4.74 Å². The van der Waals surface area contributed by atoms with Gasteiger partial charge in [-0.2, -0.15) is 0 Å². The van der Waals surface area contributed by atoms with Crippen molar-refractivity contribution in [1.82, 2.24) is 25.1 Å². The fourth-order valence-electron chi connectivity index (χ4n) is 1.83. The quantitative estimate of drug-likeness (QED) is 0.526. The summed E-state index contributed by atoms with van der Waals surface area (Å²) in [4.78, 5) is 13.4. The van der Waals surface area contributed by atoms with E-state index < -0.39 is 0 Å². The average Bonchev–Trinajstić information content (AvgIpc) is 2.97. The Morgan fingerprint density at radius 3 is 3.05 bits per heavy atom. The summed E-state index contributed by atoms with van der Waals surface area (Å²) in [5.41, 5.74) is 0. The number of cyclic esters (lactones) is 1. The Morgan fingerprint density at radius 2 is 2.37 bits per heavy atom. The summed E-state index contributed by atoms with van der Waals surface area (Å²) in [7, 11) is 4.03. The zero-order valence-electron chi connectivity index (χ0n) is 11.3. The lowest BCUT2D eigenvalue weighted by molar-refractivity contribution is -0.141. The average molecular weight is 285 g/mol. The van der Waals surface area contributed by atoms with Gasteiger partial charge in [0.1, 0.15) is 0 Å². The van der Waals surface area contributed by atoms with Gasteiger partial charge in [-0.25, -0.2) is 4.68 Å². The standard InChI is InChI=1S/C11H19N5O2S/c1-15(2)5-6-16-11(12-13-14-16)19-8-4-9-3-7-18-10(9)17/h9H,3-8H2,1-2H3/t9-/m1/s1. The molecular weight excluding hydrogens is 266 g/mol. The molecule has 0 amide bonds. The van der Waals surface area contributed by atoms with Crippen LogP contribution in [-0.2, 0) is 16.1 Å². The van der Waals surface area contributed by atoms with E-state index in [9.17, 15) is 4.79 Å². The number of aromatic nitrogens is 4. The van der Waals surface area contributed by atoms with Crippen LogP contribution in [0.2, 0.25) is 0 Å². The zero-order valence-corrected chi connectivity index (χ0v) is 12.1. The second-order valence-electron chi connectivity index (χ2n) is 4.78. The second-order valence-corrected chi connectivity index (χ2v) is 5.84. The molecule has 2 rings (SSSR count). The fraction of sp³-hybridized carbons (Fsp3) is 0.818. The van der Waals surface area contributed by atoms with Crippen molar-refractivity contribution in [3.8, 4) is 0 Å². The van der Waals surface area contributed by atoms with Crippen molar-refractivity contribution >= 4 is 17.7 Å². The van der Waals surface area contributed by atoms with Gasteiger partial charge in [0.25, 0.3) is 0 Å². The second kappa shape index (κ2) is 6.85. The van der Waals surface area contributed by atoms with Crippen LogP contribution in [0.15, 0.2) is 5.16 Å². The Morgan fingerprint density at radius 1 is 1.53 bits per heavy atom. The number of esters is 1. The molecule has 1 saturated heterocycles. The Bertz CT molecular complexity index is 423. The lowest BCUT2D eigenvalue weighted by Gasteiger charge is -2.10. The molecule has 1 aliphatic rings. The van der Waals surface area contributed by atoms with Gasteiger partial charge in [-0.3, -0.25) is 4.79 Å². The Balaban J connectivity index is 1.76. The highest BCUT2D eigenvalue weighted by Crippen LogP contribution is 2.23. The molecule has 8 heteroatoms. The molecule has 7 nitrogen and oxygen atoms in total. The van der Waals surface area contributed by atoms with Crippen LogP contribution in [0.25, 0.3) is 0 Å². The molecule has 0 unspecified atom stereocenters. The largest absolute Gasteiger partial charge is 0.465 e. The number of carbonyl (C=O) groups excluding carboxylic acids is 1. The third-order valence-electron chi connectivity index (χ3n) is 3.00. The highest BCUT2D eigenvalue weighted by Gasteiger charge is 2.26. The number of likely N-dealkylation sites (N-methyl/N-ethyl adjacent to an activating group) is 1. The summed E-state index contributed by atoms with van der Waals surface area (Å²) >= 11 is 1.59. The smallest absolute Gasteiger partial charge is 0.309 e. The number of nitrogens with zero attached hydrogens (tertiary/aromatic N) is 5. The van der Waals surface area contributed by atoms with E-state index in [1.807, 2.05) is 14.1 Å². The molecule has 1 aromatic rings. The van der Waals surface area contributed by atoms with Crippen LogP contribution >= 0.6 is 11.8 Å². The van der Waals surface area contributed by atoms with E-state index in [-0.39, 0.29) is 11.9 Å². The van der Waals surface area contributed by atoms with E-state index in [1.54, 1.807) is 16.4 Å². The third-order valence-corrected chi connectivity index (χ3v) is 3.99. The zero-order chi connectivity index (χ0) is 13.7. The molecule has 1 atom stereocenters. The molecule has 0 bridgehead atoms. The van der Waals surface area contributed by atoms with E-state index in [1.165, 1.54) is 0 Å². The first-order valence-electron chi connectivity index (χ1n) is 6.37. The Hall–Kier alpha value is -1.15. The summed E-state index contributed by atoms with van der Waals surface area (Å²) in [5, 5.41) is 12.5. The lowest BCUT2D eigenvalue weighted by Crippen LogP contribution is -2.19. The number of ether oxygens (including phenoxy) is 1. The number of carbonyl (C=O) groups is 1. The minimum absolute atomic E-state index is 0.0543. The first kappa shape index (κ1) is 14.3. The van der Waals surface area contributed by atoms with Crippen LogP contribution in [0.3, 0.4) is 0 Å². The van der Waals surface area contributed by atoms with E-state index in [2.05, 4.69) is 20.4 Å². The summed E-state index contributed by atoms with van der Waals surface area (Å²) in [6.45, 7) is 2.23. The monoisotopic (exact) mass is 285 g/mol. The first-order chi connectivity index (χ1) is 9.16. The van der Waals surface area contributed by atoms with Crippen molar-refractivity contribution in [2.24, 2.45) is 5.92 Å². The third kappa shape index (κ3) is 4.17. The van der Waals surface area contributed by atoms with Crippen molar-refractivity contribution in [2.45, 2.75) is 24.5 Å². The van der Waals surface area contributed by atoms with Gasteiger partial charge < -0.3 is 9.64 Å². The molecule has 0 aromatic carbocycles. The normalized spacial score (nSPS) is 19.1. The fourth-order valence-corrected chi connectivity index (χ4v) is 2.78. The summed E-state index contributed by atoms with van der Waals surface area (Å²) in [6.07, 6.45) is 1.66. The highest BCUT2D eigenvalue weighted by molar-refractivity contribution is 7.99. The van der Waals surface area contributed by atoms with Crippen molar-refractivity contribution in [2.75, 3.05) is 33.0 Å². The van der Waals surface area contributed by atoms with Crippen molar-refractivity contribution in [3.63, 3.8) is 0 Å². The minimum atomic E-state index is -0.0622. The molecule has 0 spiro atoms. The maximum atomic E-state index is 11.3. The molecule has 106 valence electrons. The van der Waals surface area contributed by atoms with Crippen molar-refractivity contribution in [3.05, 3.63) is 0 Å². The molecule has 0 aliphatic carbocycles. The number of thioether (sulfide) groups is 1. The van der Waals surface area contributed by atoms with Crippen LogP contribution < -0.4 is 0 Å².